The minimum absolute atomic E-state index is 0.236. The fraction of sp³-hybridized carbons (Fsp3) is 0.727. The van der Waals surface area contributed by atoms with Crippen LogP contribution in [-0.4, -0.2) is 34.5 Å². The Balaban J connectivity index is 2.28. The van der Waals surface area contributed by atoms with Gasteiger partial charge in [-0.3, -0.25) is 9.59 Å². The first-order valence-electron chi connectivity index (χ1n) is 10.2. The van der Waals surface area contributed by atoms with Crippen molar-refractivity contribution in [1.82, 2.24) is 4.90 Å². The normalized spacial score (nSPS) is 18.2. The van der Waals surface area contributed by atoms with Crippen LogP contribution in [-0.2, 0) is 9.59 Å². The van der Waals surface area contributed by atoms with Crippen LogP contribution in [0, 0.1) is 17.8 Å². The number of carbonyl (C=O) groups excluding carboxylic acids is 1. The molecule has 1 aliphatic rings. The molecule has 0 aliphatic carbocycles. The number of hydrogen-bond acceptors (Lipinski definition) is 2. The van der Waals surface area contributed by atoms with E-state index in [2.05, 4.69) is 37.8 Å². The van der Waals surface area contributed by atoms with Gasteiger partial charge in [0.25, 0.3) is 0 Å². The van der Waals surface area contributed by atoms with Crippen LogP contribution in [0.15, 0.2) is 12.2 Å². The molecule has 0 saturated carbocycles. The van der Waals surface area contributed by atoms with Crippen LogP contribution < -0.4 is 0 Å². The molecule has 0 aromatic rings. The minimum atomic E-state index is -0.726. The average molecular weight is 362 g/mol. The first kappa shape index (κ1) is 22.3. The van der Waals surface area contributed by atoms with Crippen LogP contribution in [0.3, 0.4) is 0 Å². The lowest BCUT2D eigenvalue weighted by atomic mass is 10.0. The standard InChI is InChI=1S/C22H35NO3/c1-3-4-5-8-12-19(2)13-11-14-20-16-17-21(24)23(20)18-10-7-6-9-15-22(25)26/h11,14,19-20H,3-4,6-7,9-10,12-13,15-18H2,1-2H3,(H,25,26)/b14-11+. The summed E-state index contributed by atoms with van der Waals surface area (Å²) in [5.41, 5.74) is 0. The number of hydrogen-bond donors (Lipinski definition) is 1. The van der Waals surface area contributed by atoms with Gasteiger partial charge in [-0.05, 0) is 38.0 Å². The van der Waals surface area contributed by atoms with Gasteiger partial charge >= 0.3 is 5.97 Å². The summed E-state index contributed by atoms with van der Waals surface area (Å²) < 4.78 is 0. The summed E-state index contributed by atoms with van der Waals surface area (Å²) in [6.07, 6.45) is 13.9. The molecule has 1 saturated heterocycles. The van der Waals surface area contributed by atoms with Crippen molar-refractivity contribution in [2.24, 2.45) is 5.92 Å². The van der Waals surface area contributed by atoms with Gasteiger partial charge in [-0.15, -0.1) is 11.8 Å². The van der Waals surface area contributed by atoms with E-state index in [1.807, 2.05) is 4.90 Å². The van der Waals surface area contributed by atoms with Crippen LogP contribution in [0.5, 0.6) is 0 Å². The summed E-state index contributed by atoms with van der Waals surface area (Å²) >= 11 is 0. The second kappa shape index (κ2) is 13.4. The number of rotatable bonds is 12. The highest BCUT2D eigenvalue weighted by Gasteiger charge is 2.28. The Bertz CT molecular complexity index is 515. The largest absolute Gasteiger partial charge is 0.481 e. The minimum Gasteiger partial charge on any atom is -0.481 e. The second-order valence-corrected chi connectivity index (χ2v) is 7.33. The smallest absolute Gasteiger partial charge is 0.303 e. The molecule has 146 valence electrons. The number of carboxylic acids is 1. The molecule has 1 amide bonds. The monoisotopic (exact) mass is 361 g/mol. The number of likely N-dealkylation sites (tertiary alicyclic amines) is 1. The van der Waals surface area contributed by atoms with Gasteiger partial charge in [0.05, 0.1) is 6.04 Å². The highest BCUT2D eigenvalue weighted by Crippen LogP contribution is 2.21. The van der Waals surface area contributed by atoms with Crippen LogP contribution in [0.4, 0.5) is 0 Å². The molecule has 1 fully saturated rings. The van der Waals surface area contributed by atoms with Crippen molar-refractivity contribution in [3.8, 4) is 11.8 Å². The topological polar surface area (TPSA) is 57.6 Å². The molecule has 4 nitrogen and oxygen atoms in total. The fourth-order valence-corrected chi connectivity index (χ4v) is 3.17. The van der Waals surface area contributed by atoms with Gasteiger partial charge < -0.3 is 10.0 Å². The van der Waals surface area contributed by atoms with Gasteiger partial charge in [-0.1, -0.05) is 38.8 Å². The summed E-state index contributed by atoms with van der Waals surface area (Å²) in [7, 11) is 0. The van der Waals surface area contributed by atoms with E-state index in [-0.39, 0.29) is 18.4 Å². The highest BCUT2D eigenvalue weighted by atomic mass is 16.4. The average Bonchev–Trinajstić information content (AvgIpc) is 2.95. The van der Waals surface area contributed by atoms with Gasteiger partial charge in [0.1, 0.15) is 0 Å². The van der Waals surface area contributed by atoms with E-state index in [4.69, 9.17) is 5.11 Å². The molecule has 1 aliphatic heterocycles. The van der Waals surface area contributed by atoms with E-state index in [1.165, 1.54) is 0 Å². The maximum absolute atomic E-state index is 12.1. The third-order valence-corrected chi connectivity index (χ3v) is 4.76. The summed E-state index contributed by atoms with van der Waals surface area (Å²) in [6.45, 7) is 5.16. The molecule has 0 aromatic carbocycles. The van der Waals surface area contributed by atoms with Crippen molar-refractivity contribution in [2.75, 3.05) is 6.54 Å². The molecule has 0 spiro atoms. The number of allylic oxidation sites excluding steroid dienone is 1. The number of nitrogens with zero attached hydrogens (tertiary/aromatic N) is 1. The Hall–Kier alpha value is -1.76. The summed E-state index contributed by atoms with van der Waals surface area (Å²) in [6, 6.07) is 0.236. The van der Waals surface area contributed by atoms with E-state index in [0.717, 1.165) is 64.3 Å². The number of unbranched alkanes of at least 4 members (excludes halogenated alkanes) is 4. The first-order valence-corrected chi connectivity index (χ1v) is 10.2. The quantitative estimate of drug-likeness (QED) is 0.309. The maximum atomic E-state index is 12.1. The zero-order chi connectivity index (χ0) is 19.2. The van der Waals surface area contributed by atoms with Crippen LogP contribution >= 0.6 is 0 Å². The van der Waals surface area contributed by atoms with Crippen molar-refractivity contribution in [2.45, 2.75) is 90.5 Å². The van der Waals surface area contributed by atoms with Crippen molar-refractivity contribution in [3.05, 3.63) is 12.2 Å². The van der Waals surface area contributed by atoms with Crippen molar-refractivity contribution in [3.63, 3.8) is 0 Å². The van der Waals surface area contributed by atoms with Crippen LogP contribution in [0.2, 0.25) is 0 Å². The molecular formula is C22H35NO3. The van der Waals surface area contributed by atoms with Crippen molar-refractivity contribution < 1.29 is 14.7 Å². The zero-order valence-electron chi connectivity index (χ0n) is 16.5. The molecule has 1 rings (SSSR count). The summed E-state index contributed by atoms with van der Waals surface area (Å²) in [5, 5.41) is 8.64. The maximum Gasteiger partial charge on any atom is 0.303 e. The van der Waals surface area contributed by atoms with Gasteiger partial charge in [-0.2, -0.15) is 0 Å². The lowest BCUT2D eigenvalue weighted by Gasteiger charge is -2.22. The second-order valence-electron chi connectivity index (χ2n) is 7.33. The third-order valence-electron chi connectivity index (χ3n) is 4.76. The zero-order valence-corrected chi connectivity index (χ0v) is 16.5. The van der Waals surface area contributed by atoms with E-state index >= 15 is 0 Å². The molecule has 4 heteroatoms. The highest BCUT2D eigenvalue weighted by molar-refractivity contribution is 5.79. The van der Waals surface area contributed by atoms with Gasteiger partial charge in [0, 0.05) is 32.2 Å². The van der Waals surface area contributed by atoms with Crippen LogP contribution in [0.1, 0.15) is 84.5 Å². The molecule has 0 bridgehead atoms. The van der Waals surface area contributed by atoms with E-state index < -0.39 is 5.97 Å². The molecule has 1 N–H and O–H groups in total. The molecule has 0 radical (unpaired) electrons. The van der Waals surface area contributed by atoms with Gasteiger partial charge in [0.15, 0.2) is 0 Å². The summed E-state index contributed by atoms with van der Waals surface area (Å²) in [5.74, 6) is 6.52. The molecule has 1 heterocycles. The number of amides is 1. The number of carboxylic acid groups (broad SMARTS) is 1. The SMILES string of the molecule is CCCC#CCC(C)C/C=C/C1CCC(=O)N1CCCCCCC(=O)O. The predicted octanol–water partition coefficient (Wildman–Crippen LogP) is 4.79. The Labute approximate surface area is 159 Å². The van der Waals surface area contributed by atoms with Gasteiger partial charge in [0.2, 0.25) is 5.91 Å². The third kappa shape index (κ3) is 9.65. The lowest BCUT2D eigenvalue weighted by molar-refractivity contribution is -0.137. The fourth-order valence-electron chi connectivity index (χ4n) is 3.17. The number of aliphatic carboxylic acids is 1. The Kier molecular flexibility index (Phi) is 11.5. The molecule has 2 unspecified atom stereocenters. The van der Waals surface area contributed by atoms with Gasteiger partial charge in [-0.25, -0.2) is 0 Å². The summed E-state index contributed by atoms with van der Waals surface area (Å²) in [4.78, 5) is 24.6. The molecule has 2 atom stereocenters. The van der Waals surface area contributed by atoms with Crippen molar-refractivity contribution >= 4 is 11.9 Å². The number of carbonyl (C=O) groups is 2. The van der Waals surface area contributed by atoms with Crippen molar-refractivity contribution in [1.29, 1.82) is 0 Å². The van der Waals surface area contributed by atoms with E-state index in [0.29, 0.717) is 12.3 Å². The predicted molar refractivity (Wildman–Crippen MR) is 106 cm³/mol. The Morgan fingerprint density at radius 1 is 1.31 bits per heavy atom. The van der Waals surface area contributed by atoms with E-state index in [9.17, 15) is 9.59 Å². The molecular weight excluding hydrogens is 326 g/mol. The Morgan fingerprint density at radius 3 is 2.81 bits per heavy atom. The lowest BCUT2D eigenvalue weighted by Crippen LogP contribution is -2.32. The molecule has 0 aromatic heterocycles. The molecule has 26 heavy (non-hydrogen) atoms. The Morgan fingerprint density at radius 2 is 2.08 bits per heavy atom. The van der Waals surface area contributed by atoms with Crippen LogP contribution in [0.25, 0.3) is 0 Å². The first-order chi connectivity index (χ1) is 12.5. The van der Waals surface area contributed by atoms with E-state index in [1.54, 1.807) is 0 Å².